The maximum Gasteiger partial charge on any atom is 0.459 e. The molecule has 0 N–H and O–H groups in total. The molecule has 0 aromatic heterocycles. The minimum atomic E-state index is -7.82. The second-order valence-electron chi connectivity index (χ2n) is 7.05. The van der Waals surface area contributed by atoms with Crippen molar-refractivity contribution in [3.05, 3.63) is 0 Å². The van der Waals surface area contributed by atoms with Gasteiger partial charge in [-0.15, -0.1) is 0 Å². The normalized spacial score (nSPS) is 17.1. The maximum atomic E-state index is 13.9. The van der Waals surface area contributed by atoms with Gasteiger partial charge in [0.15, 0.2) is 0 Å². The summed E-state index contributed by atoms with van der Waals surface area (Å²) in [5, 5.41) is 0. The summed E-state index contributed by atoms with van der Waals surface area (Å²) in [6.45, 7) is 1.19. The second-order valence-corrected chi connectivity index (χ2v) is 7.05. The molecule has 0 aliphatic carbocycles. The van der Waals surface area contributed by atoms with E-state index in [0.717, 1.165) is 6.92 Å². The number of hydrogen-bond acceptors (Lipinski definition) is 2. The number of esters is 1. The quantitative estimate of drug-likeness (QED) is 0.308. The van der Waals surface area contributed by atoms with E-state index in [1.165, 1.54) is 20.8 Å². The van der Waals surface area contributed by atoms with Crippen molar-refractivity contribution < 1.29 is 66.6 Å². The van der Waals surface area contributed by atoms with Crippen LogP contribution in [0.4, 0.5) is 57.1 Å². The molecule has 0 amide bonds. The molecule has 0 fully saturated rings. The highest BCUT2D eigenvalue weighted by Crippen LogP contribution is 2.65. The van der Waals surface area contributed by atoms with Gasteiger partial charge >= 0.3 is 36.3 Å². The Morgan fingerprint density at radius 2 is 1.10 bits per heavy atom. The van der Waals surface area contributed by atoms with Crippen molar-refractivity contribution in [1.29, 1.82) is 0 Å². The number of rotatable bonds is 7. The fourth-order valence-electron chi connectivity index (χ4n) is 2.34. The van der Waals surface area contributed by atoms with Gasteiger partial charge in [-0.3, -0.25) is 4.79 Å². The van der Waals surface area contributed by atoms with Gasteiger partial charge in [-0.25, -0.2) is 0 Å². The number of hydrogen-bond donors (Lipinski definition) is 0. The molecule has 1 unspecified atom stereocenters. The lowest BCUT2D eigenvalue weighted by molar-refractivity contribution is -0.464. The van der Waals surface area contributed by atoms with Crippen LogP contribution in [0.5, 0.6) is 0 Å². The number of carbonyl (C=O) groups excluding carboxylic acids is 1. The lowest BCUT2D eigenvalue weighted by atomic mass is 9.75. The van der Waals surface area contributed by atoms with Crippen molar-refractivity contribution in [3.8, 4) is 0 Å². The van der Waals surface area contributed by atoms with Crippen LogP contribution in [0.15, 0.2) is 0 Å². The minimum Gasteiger partial charge on any atom is -0.464 e. The van der Waals surface area contributed by atoms with Gasteiger partial charge in [-0.2, -0.15) is 57.1 Å². The number of halogens is 13. The van der Waals surface area contributed by atoms with Crippen LogP contribution in [0.25, 0.3) is 0 Å². The van der Waals surface area contributed by atoms with E-state index < -0.39 is 59.7 Å². The standard InChI is InChI=1S/C15H17F13O2/c1-5-9(4,7(2)3)8(29)30-6-10(13(20,21)22,14(23,24)25)11(16,17)12(18,19)15(26,27)28/h7H,5-6H2,1-4H3. The first kappa shape index (κ1) is 28.6. The minimum absolute atomic E-state index is 0.288. The molecule has 30 heavy (non-hydrogen) atoms. The van der Waals surface area contributed by atoms with Gasteiger partial charge in [-0.1, -0.05) is 20.8 Å². The summed E-state index contributed by atoms with van der Waals surface area (Å²) in [6, 6.07) is 0. The molecular formula is C15H17F13O2. The third kappa shape index (κ3) is 4.16. The molecule has 0 saturated heterocycles. The predicted molar refractivity (Wildman–Crippen MR) is 74.7 cm³/mol. The van der Waals surface area contributed by atoms with E-state index in [1.54, 1.807) is 0 Å². The zero-order chi connectivity index (χ0) is 24.8. The molecule has 0 aliphatic rings. The lowest BCUT2D eigenvalue weighted by Gasteiger charge is -2.45. The Hall–Kier alpha value is -1.44. The van der Waals surface area contributed by atoms with Crippen LogP contribution >= 0.6 is 0 Å². The zero-order valence-corrected chi connectivity index (χ0v) is 15.7. The van der Waals surface area contributed by atoms with E-state index in [0.29, 0.717) is 0 Å². The van der Waals surface area contributed by atoms with Crippen molar-refractivity contribution >= 4 is 5.97 Å². The molecule has 0 spiro atoms. The molecule has 0 bridgehead atoms. The average molecular weight is 476 g/mol. The predicted octanol–water partition coefficient (Wildman–Crippen LogP) is 6.55. The fourth-order valence-corrected chi connectivity index (χ4v) is 2.34. The van der Waals surface area contributed by atoms with Crippen molar-refractivity contribution in [1.82, 2.24) is 0 Å². The van der Waals surface area contributed by atoms with Crippen molar-refractivity contribution in [2.75, 3.05) is 6.61 Å². The highest BCUT2D eigenvalue weighted by molar-refractivity contribution is 5.76. The van der Waals surface area contributed by atoms with Gasteiger partial charge < -0.3 is 4.74 Å². The van der Waals surface area contributed by atoms with E-state index in [4.69, 9.17) is 0 Å². The molecule has 0 aromatic carbocycles. The summed E-state index contributed by atoms with van der Waals surface area (Å²) in [6.07, 6.45) is -22.6. The Morgan fingerprint density at radius 1 is 0.733 bits per heavy atom. The van der Waals surface area contributed by atoms with Crippen LogP contribution in [-0.2, 0) is 9.53 Å². The SMILES string of the molecule is CCC(C)(C(=O)OCC(C(F)(F)F)(C(F)(F)F)C(F)(F)C(F)(F)C(F)(F)F)C(C)C. The average Bonchev–Trinajstić information content (AvgIpc) is 2.49. The molecule has 15 heteroatoms. The van der Waals surface area contributed by atoms with Crippen LogP contribution in [0.3, 0.4) is 0 Å². The number of alkyl halides is 13. The Morgan fingerprint density at radius 3 is 1.33 bits per heavy atom. The third-order valence-electron chi connectivity index (χ3n) is 5.15. The van der Waals surface area contributed by atoms with E-state index >= 15 is 0 Å². The molecule has 0 saturated carbocycles. The van der Waals surface area contributed by atoms with Gasteiger partial charge in [0.1, 0.15) is 6.61 Å². The third-order valence-corrected chi connectivity index (χ3v) is 5.15. The molecule has 0 heterocycles. The molecular weight excluding hydrogens is 459 g/mol. The van der Waals surface area contributed by atoms with E-state index in [2.05, 4.69) is 4.74 Å². The molecule has 0 aromatic rings. The molecule has 2 nitrogen and oxygen atoms in total. The number of ether oxygens (including phenoxy) is 1. The highest BCUT2D eigenvalue weighted by atomic mass is 19.4. The smallest absolute Gasteiger partial charge is 0.459 e. The van der Waals surface area contributed by atoms with Gasteiger partial charge in [-0.05, 0) is 19.3 Å². The van der Waals surface area contributed by atoms with E-state index in [9.17, 15) is 61.9 Å². The first-order valence-corrected chi connectivity index (χ1v) is 8.01. The lowest BCUT2D eigenvalue weighted by Crippen LogP contribution is -2.72. The zero-order valence-electron chi connectivity index (χ0n) is 15.7. The second kappa shape index (κ2) is 7.92. The summed E-state index contributed by atoms with van der Waals surface area (Å²) in [5.74, 6) is -18.3. The summed E-state index contributed by atoms with van der Waals surface area (Å²) in [5.41, 5.74) is -8.89. The summed E-state index contributed by atoms with van der Waals surface area (Å²) in [4.78, 5) is 12.0. The van der Waals surface area contributed by atoms with E-state index in [1.807, 2.05) is 0 Å². The van der Waals surface area contributed by atoms with Crippen LogP contribution in [0.1, 0.15) is 34.1 Å². The summed E-state index contributed by atoms with van der Waals surface area (Å²) < 4.78 is 174. The van der Waals surface area contributed by atoms with Crippen molar-refractivity contribution in [3.63, 3.8) is 0 Å². The topological polar surface area (TPSA) is 26.3 Å². The fraction of sp³-hybridized carbons (Fsp3) is 0.933. The Balaban J connectivity index is 6.78. The van der Waals surface area contributed by atoms with Crippen LogP contribution < -0.4 is 0 Å². The van der Waals surface area contributed by atoms with Crippen molar-refractivity contribution in [2.24, 2.45) is 16.7 Å². The largest absolute Gasteiger partial charge is 0.464 e. The molecule has 1 atom stereocenters. The Labute approximate surface area is 161 Å². The van der Waals surface area contributed by atoms with Gasteiger partial charge in [0.2, 0.25) is 0 Å². The summed E-state index contributed by atoms with van der Waals surface area (Å²) >= 11 is 0. The van der Waals surface area contributed by atoms with Crippen LogP contribution in [-0.4, -0.2) is 43.0 Å². The monoisotopic (exact) mass is 476 g/mol. The number of carbonyl (C=O) groups is 1. The maximum absolute atomic E-state index is 13.9. The van der Waals surface area contributed by atoms with Gasteiger partial charge in [0.05, 0.1) is 5.41 Å². The van der Waals surface area contributed by atoms with E-state index in [-0.39, 0.29) is 6.42 Å². The van der Waals surface area contributed by atoms with Gasteiger partial charge in [0.25, 0.3) is 5.41 Å². The first-order valence-electron chi connectivity index (χ1n) is 8.01. The Kier molecular flexibility index (Phi) is 7.54. The van der Waals surface area contributed by atoms with Crippen LogP contribution in [0, 0.1) is 16.7 Å². The molecule has 0 aliphatic heterocycles. The molecule has 0 rings (SSSR count). The molecule has 180 valence electrons. The highest BCUT2D eigenvalue weighted by Gasteiger charge is 2.92. The molecule has 0 radical (unpaired) electrons. The Bertz CT molecular complexity index is 601. The van der Waals surface area contributed by atoms with Crippen LogP contribution in [0.2, 0.25) is 0 Å². The van der Waals surface area contributed by atoms with Crippen molar-refractivity contribution in [2.45, 2.75) is 64.5 Å². The van der Waals surface area contributed by atoms with Gasteiger partial charge in [0, 0.05) is 0 Å². The summed E-state index contributed by atoms with van der Waals surface area (Å²) in [7, 11) is 0. The first-order chi connectivity index (χ1) is 12.9.